The van der Waals surface area contributed by atoms with E-state index in [0.717, 1.165) is 62.1 Å². The zero-order valence-electron chi connectivity index (χ0n) is 17.7. The highest BCUT2D eigenvalue weighted by molar-refractivity contribution is 5.85. The summed E-state index contributed by atoms with van der Waals surface area (Å²) >= 11 is 0. The number of aromatic amines is 1. The molecule has 1 fully saturated rings. The molecule has 0 aliphatic carbocycles. The van der Waals surface area contributed by atoms with Crippen molar-refractivity contribution in [1.82, 2.24) is 25.1 Å². The number of hydrogen-bond acceptors (Lipinski definition) is 9. The lowest BCUT2D eigenvalue weighted by atomic mass is 10.1. The minimum absolute atomic E-state index is 0. The Kier molecular flexibility index (Phi) is 8.21. The molecule has 1 aliphatic heterocycles. The van der Waals surface area contributed by atoms with E-state index >= 15 is 0 Å². The number of ether oxygens (including phenoxy) is 2. The van der Waals surface area contributed by atoms with E-state index in [0.29, 0.717) is 11.6 Å². The largest absolute Gasteiger partial charge is 0.496 e. The number of aromatic nitrogens is 4. The van der Waals surface area contributed by atoms with Gasteiger partial charge in [0.2, 0.25) is 0 Å². The number of morpholine rings is 1. The number of rotatable bonds is 8. The Morgan fingerprint density at radius 3 is 2.75 bits per heavy atom. The molecule has 0 bridgehead atoms. The van der Waals surface area contributed by atoms with Crippen molar-refractivity contribution in [3.8, 4) is 23.1 Å². The minimum Gasteiger partial charge on any atom is -0.496 e. The third-order valence-electron chi connectivity index (χ3n) is 4.95. The number of nitrogens with one attached hydrogen (secondary N) is 3. The summed E-state index contributed by atoms with van der Waals surface area (Å²) in [5.41, 5.74) is 2.96. The number of nitriles is 1. The summed E-state index contributed by atoms with van der Waals surface area (Å²) in [4.78, 5) is 10.5. The first kappa shape index (κ1) is 23.3. The molecule has 2 aromatic heterocycles. The number of H-pyrrole nitrogens is 1. The van der Waals surface area contributed by atoms with Crippen molar-refractivity contribution in [3.05, 3.63) is 42.4 Å². The second-order valence-corrected chi connectivity index (χ2v) is 6.99. The van der Waals surface area contributed by atoms with Crippen LogP contribution in [-0.4, -0.2) is 71.6 Å². The van der Waals surface area contributed by atoms with Gasteiger partial charge in [0.05, 0.1) is 38.4 Å². The molecule has 10 nitrogen and oxygen atoms in total. The van der Waals surface area contributed by atoms with Gasteiger partial charge in [-0.15, -0.1) is 12.4 Å². The van der Waals surface area contributed by atoms with E-state index < -0.39 is 0 Å². The quantitative estimate of drug-likeness (QED) is 0.469. The Morgan fingerprint density at radius 2 is 2.03 bits per heavy atom. The van der Waals surface area contributed by atoms with Crippen LogP contribution in [0.1, 0.15) is 5.69 Å². The van der Waals surface area contributed by atoms with Crippen LogP contribution in [0.3, 0.4) is 0 Å². The van der Waals surface area contributed by atoms with Crippen molar-refractivity contribution in [1.29, 1.82) is 5.26 Å². The number of halogens is 1. The smallest absolute Gasteiger partial charge is 0.158 e. The number of methoxy groups -OCH3 is 1. The Morgan fingerprint density at radius 1 is 1.19 bits per heavy atom. The third-order valence-corrected chi connectivity index (χ3v) is 4.95. The first-order chi connectivity index (χ1) is 15.2. The molecule has 32 heavy (non-hydrogen) atoms. The second-order valence-electron chi connectivity index (χ2n) is 6.99. The Bertz CT molecular complexity index is 1040. The molecule has 3 heterocycles. The van der Waals surface area contributed by atoms with Crippen molar-refractivity contribution < 1.29 is 9.47 Å². The maximum atomic E-state index is 8.81. The molecule has 3 aromatic rings. The van der Waals surface area contributed by atoms with Crippen molar-refractivity contribution in [3.63, 3.8) is 0 Å². The second kappa shape index (κ2) is 11.3. The van der Waals surface area contributed by atoms with Crippen molar-refractivity contribution >= 4 is 29.7 Å². The van der Waals surface area contributed by atoms with E-state index in [4.69, 9.17) is 14.7 Å². The Hall–Kier alpha value is -3.39. The molecule has 0 spiro atoms. The molecule has 11 heteroatoms. The standard InChI is InChI=1S/C21H24N8O2.ClH/c1-30-19-10-15(23-4-5-29-6-8-31-9-7-29)2-3-17(19)18-11-20(28-27-18)26-21-14-24-16(12-22)13-25-21;/h2-3,10-11,13-14,23H,4-9H2,1H3,(H2,25,26,27,28);1H. The zero-order chi connectivity index (χ0) is 21.5. The van der Waals surface area contributed by atoms with Gasteiger partial charge in [0.1, 0.15) is 17.6 Å². The minimum atomic E-state index is 0. The summed E-state index contributed by atoms with van der Waals surface area (Å²) in [6.45, 7) is 5.40. The van der Waals surface area contributed by atoms with Gasteiger partial charge in [0.15, 0.2) is 11.5 Å². The maximum absolute atomic E-state index is 8.81. The summed E-state index contributed by atoms with van der Waals surface area (Å²) in [6.07, 6.45) is 2.90. The highest BCUT2D eigenvalue weighted by Gasteiger charge is 2.12. The van der Waals surface area contributed by atoms with Crippen LogP contribution in [-0.2, 0) is 4.74 Å². The molecule has 168 valence electrons. The average Bonchev–Trinajstić information content (AvgIpc) is 3.28. The molecule has 0 saturated carbocycles. The molecule has 0 atom stereocenters. The van der Waals surface area contributed by atoms with Gasteiger partial charge in [-0.3, -0.25) is 10.00 Å². The molecule has 4 rings (SSSR count). The third kappa shape index (κ3) is 5.85. The predicted octanol–water partition coefficient (Wildman–Crippen LogP) is 2.66. The first-order valence-electron chi connectivity index (χ1n) is 10.0. The van der Waals surface area contributed by atoms with Crippen molar-refractivity contribution in [2.45, 2.75) is 0 Å². The molecule has 0 unspecified atom stereocenters. The fraction of sp³-hybridized carbons (Fsp3) is 0.333. The SMILES string of the molecule is COc1cc(NCCN2CCOCC2)ccc1-c1cc(Nc2cnc(C#N)cn2)n[nH]1.Cl. The lowest BCUT2D eigenvalue weighted by Gasteiger charge is -2.26. The molecule has 0 radical (unpaired) electrons. The number of hydrogen-bond donors (Lipinski definition) is 3. The first-order valence-corrected chi connectivity index (χ1v) is 10.0. The van der Waals surface area contributed by atoms with Gasteiger partial charge in [-0.1, -0.05) is 0 Å². The predicted molar refractivity (Wildman–Crippen MR) is 124 cm³/mol. The molecular weight excluding hydrogens is 432 g/mol. The molecule has 1 aromatic carbocycles. The van der Waals surface area contributed by atoms with Crippen LogP contribution < -0.4 is 15.4 Å². The van der Waals surface area contributed by atoms with Gasteiger partial charge in [0, 0.05) is 49.6 Å². The van der Waals surface area contributed by atoms with Crippen LogP contribution in [0.5, 0.6) is 5.75 Å². The topological polar surface area (TPSA) is 124 Å². The van der Waals surface area contributed by atoms with Gasteiger partial charge in [-0.05, 0) is 12.1 Å². The molecule has 1 saturated heterocycles. The van der Waals surface area contributed by atoms with E-state index in [1.807, 2.05) is 30.3 Å². The van der Waals surface area contributed by atoms with Crippen LogP contribution in [0.15, 0.2) is 36.7 Å². The average molecular weight is 457 g/mol. The maximum Gasteiger partial charge on any atom is 0.158 e. The highest BCUT2D eigenvalue weighted by Crippen LogP contribution is 2.32. The van der Waals surface area contributed by atoms with Crippen LogP contribution >= 0.6 is 12.4 Å². The fourth-order valence-corrected chi connectivity index (χ4v) is 3.31. The lowest BCUT2D eigenvalue weighted by Crippen LogP contribution is -2.38. The van der Waals surface area contributed by atoms with E-state index in [2.05, 4.69) is 35.7 Å². The van der Waals surface area contributed by atoms with Crippen molar-refractivity contribution in [2.24, 2.45) is 0 Å². The summed E-state index contributed by atoms with van der Waals surface area (Å²) < 4.78 is 11.0. The van der Waals surface area contributed by atoms with E-state index in [9.17, 15) is 0 Å². The van der Waals surface area contributed by atoms with Crippen molar-refractivity contribution in [2.75, 3.05) is 57.1 Å². The van der Waals surface area contributed by atoms with Crippen LogP contribution in [0.4, 0.5) is 17.3 Å². The molecule has 0 amide bonds. The normalized spacial score (nSPS) is 13.6. The number of nitrogens with zero attached hydrogens (tertiary/aromatic N) is 5. The van der Waals surface area contributed by atoms with E-state index in [1.165, 1.54) is 12.4 Å². The van der Waals surface area contributed by atoms with Gasteiger partial charge in [-0.25, -0.2) is 9.97 Å². The summed E-state index contributed by atoms with van der Waals surface area (Å²) in [7, 11) is 1.65. The van der Waals surface area contributed by atoms with Gasteiger partial charge in [0.25, 0.3) is 0 Å². The lowest BCUT2D eigenvalue weighted by molar-refractivity contribution is 0.0398. The van der Waals surface area contributed by atoms with Crippen LogP contribution in [0.2, 0.25) is 0 Å². The highest BCUT2D eigenvalue weighted by atomic mass is 35.5. The molecule has 1 aliphatic rings. The van der Waals surface area contributed by atoms with Gasteiger partial charge < -0.3 is 20.1 Å². The molecule has 3 N–H and O–H groups in total. The van der Waals surface area contributed by atoms with Crippen LogP contribution in [0, 0.1) is 11.3 Å². The summed E-state index contributed by atoms with van der Waals surface area (Å²) in [5, 5.41) is 22.6. The Balaban J connectivity index is 0.00000289. The Labute approximate surface area is 192 Å². The fourth-order valence-electron chi connectivity index (χ4n) is 3.31. The van der Waals surface area contributed by atoms with Crippen LogP contribution in [0.25, 0.3) is 11.3 Å². The van der Waals surface area contributed by atoms with E-state index in [1.54, 1.807) is 7.11 Å². The summed E-state index contributed by atoms with van der Waals surface area (Å²) in [6, 6.07) is 9.81. The monoisotopic (exact) mass is 456 g/mol. The van der Waals surface area contributed by atoms with E-state index in [-0.39, 0.29) is 18.1 Å². The molecular formula is C21H25ClN8O2. The number of benzene rings is 1. The number of anilines is 3. The van der Waals surface area contributed by atoms with Gasteiger partial charge in [-0.2, -0.15) is 10.4 Å². The zero-order valence-corrected chi connectivity index (χ0v) is 18.5. The van der Waals surface area contributed by atoms with Gasteiger partial charge >= 0.3 is 0 Å². The summed E-state index contributed by atoms with van der Waals surface area (Å²) in [5.74, 6) is 1.83.